The Hall–Kier alpha value is -2.00. The first-order valence-electron chi connectivity index (χ1n) is 7.66. The van der Waals surface area contributed by atoms with Crippen LogP contribution in [0.4, 0.5) is 0 Å². The third-order valence-electron chi connectivity index (χ3n) is 3.82. The molecule has 3 heteroatoms. The van der Waals surface area contributed by atoms with Crippen LogP contribution < -0.4 is 14.8 Å². The highest BCUT2D eigenvalue weighted by molar-refractivity contribution is 5.43. The molecule has 0 aliphatic rings. The molecule has 0 amide bonds. The molecule has 1 N–H and O–H groups in total. The molecule has 0 bridgehead atoms. The molecule has 0 heterocycles. The van der Waals surface area contributed by atoms with E-state index in [2.05, 4.69) is 49.5 Å². The summed E-state index contributed by atoms with van der Waals surface area (Å²) >= 11 is 0. The molecule has 0 aliphatic heterocycles. The summed E-state index contributed by atoms with van der Waals surface area (Å²) in [5, 5.41) is 3.64. The van der Waals surface area contributed by atoms with Crippen molar-refractivity contribution in [1.82, 2.24) is 5.32 Å². The summed E-state index contributed by atoms with van der Waals surface area (Å²) in [7, 11) is 3.32. The molecule has 22 heavy (non-hydrogen) atoms. The lowest BCUT2D eigenvalue weighted by molar-refractivity contribution is 0.354. The van der Waals surface area contributed by atoms with E-state index in [0.717, 1.165) is 17.9 Å². The number of ether oxygens (including phenoxy) is 2. The zero-order chi connectivity index (χ0) is 15.9. The van der Waals surface area contributed by atoms with Crippen LogP contribution >= 0.6 is 0 Å². The standard InChI is InChI=1S/C19H25NO2/c1-14(20-15(2)17-8-6-5-7-9-17)12-16-10-11-18(21-3)19(13-16)22-4/h5-11,13-15,20H,12H2,1-4H3/t14-,15+/m1/s1. The predicted molar refractivity (Wildman–Crippen MR) is 90.7 cm³/mol. The van der Waals surface area contributed by atoms with Gasteiger partial charge in [-0.3, -0.25) is 0 Å². The van der Waals surface area contributed by atoms with Crippen LogP contribution in [0.25, 0.3) is 0 Å². The van der Waals surface area contributed by atoms with Gasteiger partial charge in [0, 0.05) is 12.1 Å². The minimum absolute atomic E-state index is 0.330. The molecular formula is C19H25NO2. The lowest BCUT2D eigenvalue weighted by atomic mass is 10.0. The van der Waals surface area contributed by atoms with Gasteiger partial charge in [0.1, 0.15) is 0 Å². The van der Waals surface area contributed by atoms with Crippen LogP contribution in [0.5, 0.6) is 11.5 Å². The lowest BCUT2D eigenvalue weighted by Gasteiger charge is -2.21. The van der Waals surface area contributed by atoms with E-state index in [1.165, 1.54) is 11.1 Å². The van der Waals surface area contributed by atoms with Gasteiger partial charge < -0.3 is 14.8 Å². The van der Waals surface area contributed by atoms with E-state index in [1.54, 1.807) is 14.2 Å². The molecule has 118 valence electrons. The maximum atomic E-state index is 5.36. The van der Waals surface area contributed by atoms with Crippen molar-refractivity contribution in [3.63, 3.8) is 0 Å². The average molecular weight is 299 g/mol. The molecule has 0 radical (unpaired) electrons. The van der Waals surface area contributed by atoms with Gasteiger partial charge in [0.05, 0.1) is 14.2 Å². The minimum Gasteiger partial charge on any atom is -0.493 e. The Morgan fingerprint density at radius 3 is 2.23 bits per heavy atom. The zero-order valence-electron chi connectivity index (χ0n) is 13.8. The van der Waals surface area contributed by atoms with Crippen molar-refractivity contribution in [1.29, 1.82) is 0 Å². The minimum atomic E-state index is 0.330. The summed E-state index contributed by atoms with van der Waals surface area (Å²) in [5.74, 6) is 1.55. The van der Waals surface area contributed by atoms with E-state index in [0.29, 0.717) is 12.1 Å². The average Bonchev–Trinajstić information content (AvgIpc) is 2.55. The second-order valence-electron chi connectivity index (χ2n) is 5.59. The van der Waals surface area contributed by atoms with Crippen molar-refractivity contribution in [2.75, 3.05) is 14.2 Å². The van der Waals surface area contributed by atoms with Gasteiger partial charge in [0.25, 0.3) is 0 Å². The fourth-order valence-electron chi connectivity index (χ4n) is 2.68. The maximum Gasteiger partial charge on any atom is 0.160 e. The second-order valence-corrected chi connectivity index (χ2v) is 5.59. The molecule has 0 saturated heterocycles. The highest BCUT2D eigenvalue weighted by atomic mass is 16.5. The van der Waals surface area contributed by atoms with Crippen molar-refractivity contribution in [3.8, 4) is 11.5 Å². The number of methoxy groups -OCH3 is 2. The van der Waals surface area contributed by atoms with Crippen molar-refractivity contribution in [3.05, 3.63) is 59.7 Å². The summed E-state index contributed by atoms with van der Waals surface area (Å²) in [6.45, 7) is 4.40. The maximum absolute atomic E-state index is 5.36. The predicted octanol–water partition coefficient (Wildman–Crippen LogP) is 3.99. The van der Waals surface area contributed by atoms with Gasteiger partial charge in [-0.25, -0.2) is 0 Å². The topological polar surface area (TPSA) is 30.5 Å². The molecule has 0 saturated carbocycles. The largest absolute Gasteiger partial charge is 0.493 e. The van der Waals surface area contributed by atoms with E-state index in [-0.39, 0.29) is 0 Å². The summed E-state index contributed by atoms with van der Waals surface area (Å²) in [6, 6.07) is 17.3. The first-order valence-corrected chi connectivity index (χ1v) is 7.66. The number of hydrogen-bond donors (Lipinski definition) is 1. The summed E-state index contributed by atoms with van der Waals surface area (Å²) < 4.78 is 10.6. The first-order chi connectivity index (χ1) is 10.6. The third-order valence-corrected chi connectivity index (χ3v) is 3.82. The zero-order valence-corrected chi connectivity index (χ0v) is 13.8. The van der Waals surface area contributed by atoms with Gasteiger partial charge in [-0.15, -0.1) is 0 Å². The highest BCUT2D eigenvalue weighted by Crippen LogP contribution is 2.28. The Labute approximate surface area is 133 Å². The molecular weight excluding hydrogens is 274 g/mol. The molecule has 0 aromatic heterocycles. The van der Waals surface area contributed by atoms with Gasteiger partial charge in [-0.05, 0) is 43.5 Å². The molecule has 2 rings (SSSR count). The lowest BCUT2D eigenvalue weighted by Crippen LogP contribution is -2.30. The molecule has 0 aliphatic carbocycles. The highest BCUT2D eigenvalue weighted by Gasteiger charge is 2.11. The fourth-order valence-corrected chi connectivity index (χ4v) is 2.68. The third kappa shape index (κ3) is 4.25. The van der Waals surface area contributed by atoms with Crippen LogP contribution in [-0.4, -0.2) is 20.3 Å². The van der Waals surface area contributed by atoms with Gasteiger partial charge in [0.15, 0.2) is 11.5 Å². The van der Waals surface area contributed by atoms with Crippen molar-refractivity contribution >= 4 is 0 Å². The van der Waals surface area contributed by atoms with Gasteiger partial charge in [0.2, 0.25) is 0 Å². The smallest absolute Gasteiger partial charge is 0.160 e. The Bertz CT molecular complexity index is 583. The molecule has 2 atom stereocenters. The molecule has 2 aromatic rings. The number of rotatable bonds is 7. The van der Waals surface area contributed by atoms with Crippen LogP contribution in [0, 0.1) is 0 Å². The van der Waals surface area contributed by atoms with E-state index >= 15 is 0 Å². The quantitative estimate of drug-likeness (QED) is 0.838. The Balaban J connectivity index is 1.98. The van der Waals surface area contributed by atoms with Crippen molar-refractivity contribution in [2.45, 2.75) is 32.4 Å². The van der Waals surface area contributed by atoms with Gasteiger partial charge in [-0.1, -0.05) is 36.4 Å². The summed E-state index contributed by atoms with van der Waals surface area (Å²) in [4.78, 5) is 0. The first kappa shape index (κ1) is 16.4. The number of benzene rings is 2. The summed E-state index contributed by atoms with van der Waals surface area (Å²) in [6.07, 6.45) is 0.942. The van der Waals surface area contributed by atoms with E-state index in [9.17, 15) is 0 Å². The Morgan fingerprint density at radius 1 is 0.909 bits per heavy atom. The van der Waals surface area contributed by atoms with Crippen LogP contribution in [-0.2, 0) is 6.42 Å². The Morgan fingerprint density at radius 2 is 1.59 bits per heavy atom. The van der Waals surface area contributed by atoms with Crippen molar-refractivity contribution in [2.24, 2.45) is 0 Å². The second kappa shape index (κ2) is 7.85. The molecule has 0 spiro atoms. The fraction of sp³-hybridized carbons (Fsp3) is 0.368. The molecule has 0 fully saturated rings. The van der Waals surface area contributed by atoms with Crippen LogP contribution in [0.3, 0.4) is 0 Å². The van der Waals surface area contributed by atoms with E-state index in [1.807, 2.05) is 18.2 Å². The van der Waals surface area contributed by atoms with Gasteiger partial charge >= 0.3 is 0 Å². The van der Waals surface area contributed by atoms with Crippen molar-refractivity contribution < 1.29 is 9.47 Å². The van der Waals surface area contributed by atoms with E-state index < -0.39 is 0 Å². The molecule has 3 nitrogen and oxygen atoms in total. The SMILES string of the molecule is COc1ccc(C[C@@H](C)N[C@@H](C)c2ccccc2)cc1OC. The molecule has 0 unspecified atom stereocenters. The normalized spacial score (nSPS) is 13.5. The van der Waals surface area contributed by atoms with Crippen LogP contribution in [0.15, 0.2) is 48.5 Å². The van der Waals surface area contributed by atoms with E-state index in [4.69, 9.17) is 9.47 Å². The van der Waals surface area contributed by atoms with Crippen LogP contribution in [0.2, 0.25) is 0 Å². The molecule has 2 aromatic carbocycles. The monoisotopic (exact) mass is 299 g/mol. The number of nitrogens with one attached hydrogen (secondary N) is 1. The Kier molecular flexibility index (Phi) is 5.84. The van der Waals surface area contributed by atoms with Gasteiger partial charge in [-0.2, -0.15) is 0 Å². The number of hydrogen-bond acceptors (Lipinski definition) is 3. The summed E-state index contributed by atoms with van der Waals surface area (Å²) in [5.41, 5.74) is 2.54. The van der Waals surface area contributed by atoms with Crippen LogP contribution in [0.1, 0.15) is 31.0 Å².